The largest absolute Gasteiger partial charge is 0.300 e. The molecule has 1 heterocycles. The van der Waals surface area contributed by atoms with Gasteiger partial charge in [-0.1, -0.05) is 18.5 Å². The molecule has 0 saturated heterocycles. The summed E-state index contributed by atoms with van der Waals surface area (Å²) in [6.07, 6.45) is 2.16. The van der Waals surface area contributed by atoms with Crippen LogP contribution in [0.4, 0.5) is 5.82 Å². The van der Waals surface area contributed by atoms with E-state index in [0.717, 1.165) is 6.42 Å². The van der Waals surface area contributed by atoms with Crippen molar-refractivity contribution in [2.24, 2.45) is 0 Å². The molecule has 0 radical (unpaired) electrons. The number of anilines is 1. The molecule has 15 heavy (non-hydrogen) atoms. The molecule has 1 rings (SSSR count). The fourth-order valence-corrected chi connectivity index (χ4v) is 1.96. The Bertz CT molecular complexity index is 422. The van der Waals surface area contributed by atoms with Gasteiger partial charge in [-0.15, -0.1) is 0 Å². The van der Waals surface area contributed by atoms with Crippen LogP contribution in [0.15, 0.2) is 18.3 Å². The molecule has 0 aromatic carbocycles. The minimum absolute atomic E-state index is 0.200. The van der Waals surface area contributed by atoms with Crippen molar-refractivity contribution in [3.05, 3.63) is 23.4 Å². The summed E-state index contributed by atoms with van der Waals surface area (Å²) in [5.41, 5.74) is 0. The van der Waals surface area contributed by atoms with Crippen molar-refractivity contribution in [2.45, 2.75) is 13.3 Å². The zero-order valence-electron chi connectivity index (χ0n) is 8.20. The maximum atomic E-state index is 11.4. The van der Waals surface area contributed by atoms with E-state index in [1.807, 2.05) is 6.92 Å². The van der Waals surface area contributed by atoms with Crippen LogP contribution in [0, 0.1) is 0 Å². The first kappa shape index (κ1) is 12.2. The van der Waals surface area contributed by atoms with Gasteiger partial charge >= 0.3 is 0 Å². The number of halogens is 1. The summed E-state index contributed by atoms with van der Waals surface area (Å²) in [6.45, 7) is 2.26. The van der Waals surface area contributed by atoms with Crippen LogP contribution in [0.2, 0.25) is 5.02 Å². The second-order valence-corrected chi connectivity index (χ2v) is 4.80. The van der Waals surface area contributed by atoms with E-state index >= 15 is 0 Å². The van der Waals surface area contributed by atoms with Gasteiger partial charge in [0.15, 0.2) is 0 Å². The lowest BCUT2D eigenvalue weighted by Crippen LogP contribution is -2.30. The highest BCUT2D eigenvalue weighted by Crippen LogP contribution is 2.12. The van der Waals surface area contributed by atoms with Gasteiger partial charge in [0.1, 0.15) is 5.82 Å². The standard InChI is InChI=1S/C8H12ClN3O2S/c1-2-4-11-15(13,14)12-8-6-7(9)3-5-10-8/h3,5-6,11H,2,4H2,1H3,(H,10,12). The second-order valence-electron chi connectivity index (χ2n) is 2.86. The highest BCUT2D eigenvalue weighted by molar-refractivity contribution is 7.90. The molecule has 5 nitrogen and oxygen atoms in total. The molecule has 0 amide bonds. The molecular formula is C8H12ClN3O2S. The summed E-state index contributed by atoms with van der Waals surface area (Å²) >= 11 is 5.68. The summed E-state index contributed by atoms with van der Waals surface area (Å²) < 4.78 is 27.3. The third kappa shape index (κ3) is 4.46. The predicted octanol–water partition coefficient (Wildman–Crippen LogP) is 1.39. The maximum Gasteiger partial charge on any atom is 0.300 e. The van der Waals surface area contributed by atoms with Gasteiger partial charge in [-0.3, -0.25) is 4.72 Å². The smallest absolute Gasteiger partial charge is 0.255 e. The molecule has 1 aromatic heterocycles. The quantitative estimate of drug-likeness (QED) is 0.829. The monoisotopic (exact) mass is 249 g/mol. The van der Waals surface area contributed by atoms with Gasteiger partial charge < -0.3 is 0 Å². The van der Waals surface area contributed by atoms with Gasteiger partial charge in [0.25, 0.3) is 10.2 Å². The molecule has 84 valence electrons. The molecule has 1 aromatic rings. The first-order valence-electron chi connectivity index (χ1n) is 4.42. The Labute approximate surface area is 94.0 Å². The lowest BCUT2D eigenvalue weighted by Gasteiger charge is -2.07. The summed E-state index contributed by atoms with van der Waals surface area (Å²) in [4.78, 5) is 3.82. The molecule has 0 bridgehead atoms. The Hall–Kier alpha value is -0.850. The van der Waals surface area contributed by atoms with E-state index in [0.29, 0.717) is 11.6 Å². The zero-order chi connectivity index (χ0) is 11.3. The topological polar surface area (TPSA) is 71.1 Å². The van der Waals surface area contributed by atoms with E-state index in [9.17, 15) is 8.42 Å². The van der Waals surface area contributed by atoms with Gasteiger partial charge in [0, 0.05) is 23.8 Å². The van der Waals surface area contributed by atoms with Gasteiger partial charge in [0.2, 0.25) is 0 Å². The van der Waals surface area contributed by atoms with Gasteiger partial charge in [0.05, 0.1) is 0 Å². The summed E-state index contributed by atoms with van der Waals surface area (Å²) in [5.74, 6) is 0.200. The van der Waals surface area contributed by atoms with Crippen LogP contribution in [0.1, 0.15) is 13.3 Å². The minimum Gasteiger partial charge on any atom is -0.255 e. The zero-order valence-corrected chi connectivity index (χ0v) is 9.77. The molecule has 0 aliphatic heterocycles. The number of pyridine rings is 1. The third-order valence-electron chi connectivity index (χ3n) is 1.50. The SMILES string of the molecule is CCCNS(=O)(=O)Nc1cc(Cl)ccn1. The summed E-state index contributed by atoms with van der Waals surface area (Å²) in [5, 5.41) is 0.429. The van der Waals surface area contributed by atoms with E-state index in [4.69, 9.17) is 11.6 Å². The van der Waals surface area contributed by atoms with E-state index < -0.39 is 10.2 Å². The molecule has 0 spiro atoms. The normalized spacial score (nSPS) is 11.3. The van der Waals surface area contributed by atoms with Crippen molar-refractivity contribution in [3.8, 4) is 0 Å². The highest BCUT2D eigenvalue weighted by atomic mass is 35.5. The van der Waals surface area contributed by atoms with Crippen molar-refractivity contribution < 1.29 is 8.42 Å². The molecule has 0 fully saturated rings. The molecule has 7 heteroatoms. The van der Waals surface area contributed by atoms with Crippen LogP contribution in [0.25, 0.3) is 0 Å². The van der Waals surface area contributed by atoms with Crippen LogP contribution < -0.4 is 9.44 Å². The van der Waals surface area contributed by atoms with E-state index in [1.165, 1.54) is 12.3 Å². The van der Waals surface area contributed by atoms with Crippen LogP contribution in [0.3, 0.4) is 0 Å². The van der Waals surface area contributed by atoms with E-state index in [-0.39, 0.29) is 5.82 Å². The average molecular weight is 250 g/mol. The lowest BCUT2D eigenvalue weighted by atomic mass is 10.5. The first-order valence-corrected chi connectivity index (χ1v) is 6.28. The first-order chi connectivity index (χ1) is 7.03. The van der Waals surface area contributed by atoms with Crippen molar-refractivity contribution in [1.82, 2.24) is 9.71 Å². The number of nitrogens with one attached hydrogen (secondary N) is 2. The van der Waals surface area contributed by atoms with Crippen LogP contribution in [-0.4, -0.2) is 19.9 Å². The molecule has 2 N–H and O–H groups in total. The fraction of sp³-hybridized carbons (Fsp3) is 0.375. The lowest BCUT2D eigenvalue weighted by molar-refractivity contribution is 0.586. The number of rotatable bonds is 5. The van der Waals surface area contributed by atoms with Crippen molar-refractivity contribution >= 4 is 27.6 Å². The molecule has 0 unspecified atom stereocenters. The van der Waals surface area contributed by atoms with Crippen molar-refractivity contribution in [3.63, 3.8) is 0 Å². The predicted molar refractivity (Wildman–Crippen MR) is 60.1 cm³/mol. The Morgan fingerprint density at radius 1 is 1.53 bits per heavy atom. The summed E-state index contributed by atoms with van der Waals surface area (Å²) in [7, 11) is -3.53. The average Bonchev–Trinajstić information content (AvgIpc) is 2.14. The van der Waals surface area contributed by atoms with Gasteiger partial charge in [-0.2, -0.15) is 13.1 Å². The highest BCUT2D eigenvalue weighted by Gasteiger charge is 2.08. The summed E-state index contributed by atoms with van der Waals surface area (Å²) in [6, 6.07) is 3.01. The number of nitrogens with zero attached hydrogens (tertiary/aromatic N) is 1. The Morgan fingerprint density at radius 2 is 2.27 bits per heavy atom. The van der Waals surface area contributed by atoms with Crippen molar-refractivity contribution in [1.29, 1.82) is 0 Å². The van der Waals surface area contributed by atoms with Crippen LogP contribution in [-0.2, 0) is 10.2 Å². The van der Waals surface area contributed by atoms with Crippen LogP contribution >= 0.6 is 11.6 Å². The second kappa shape index (κ2) is 5.29. The number of aromatic nitrogens is 1. The van der Waals surface area contributed by atoms with Gasteiger partial charge in [-0.05, 0) is 12.5 Å². The number of hydrogen-bond donors (Lipinski definition) is 2. The van der Waals surface area contributed by atoms with Crippen LogP contribution in [0.5, 0.6) is 0 Å². The molecule has 0 atom stereocenters. The molecule has 0 aliphatic rings. The molecule has 0 saturated carbocycles. The Morgan fingerprint density at radius 3 is 2.87 bits per heavy atom. The third-order valence-corrected chi connectivity index (χ3v) is 2.80. The number of hydrogen-bond acceptors (Lipinski definition) is 3. The maximum absolute atomic E-state index is 11.4. The van der Waals surface area contributed by atoms with Gasteiger partial charge in [-0.25, -0.2) is 4.98 Å². The van der Waals surface area contributed by atoms with Crippen molar-refractivity contribution in [2.75, 3.05) is 11.3 Å². The fourth-order valence-electron chi connectivity index (χ4n) is 0.871. The minimum atomic E-state index is -3.53. The molecule has 0 aliphatic carbocycles. The molecular weight excluding hydrogens is 238 g/mol. The Kier molecular flexibility index (Phi) is 4.31. The van der Waals surface area contributed by atoms with E-state index in [1.54, 1.807) is 6.07 Å². The van der Waals surface area contributed by atoms with E-state index in [2.05, 4.69) is 14.4 Å². The Balaban J connectivity index is 2.69.